The number of hydrogen-bond acceptors (Lipinski definition) is 3. The summed E-state index contributed by atoms with van der Waals surface area (Å²) in [6.45, 7) is 0. The average molecular weight is 267 g/mol. The van der Waals surface area contributed by atoms with Crippen LogP contribution in [-0.2, 0) is 6.42 Å². The molecule has 0 unspecified atom stereocenters. The van der Waals surface area contributed by atoms with E-state index in [1.54, 1.807) is 0 Å². The minimum atomic E-state index is -0.133. The van der Waals surface area contributed by atoms with Crippen LogP contribution < -0.4 is 5.56 Å². The van der Waals surface area contributed by atoms with Crippen molar-refractivity contribution in [2.45, 2.75) is 11.6 Å². The van der Waals surface area contributed by atoms with Gasteiger partial charge < -0.3 is 4.98 Å². The number of aromatic nitrogens is 2. The van der Waals surface area contributed by atoms with E-state index in [4.69, 9.17) is 11.6 Å². The van der Waals surface area contributed by atoms with Crippen molar-refractivity contribution in [2.75, 3.05) is 6.26 Å². The van der Waals surface area contributed by atoms with Crippen LogP contribution in [0.4, 0.5) is 0 Å². The van der Waals surface area contributed by atoms with E-state index in [-0.39, 0.29) is 5.56 Å². The summed E-state index contributed by atoms with van der Waals surface area (Å²) in [7, 11) is 0. The second-order valence-corrected chi connectivity index (χ2v) is 4.72. The van der Waals surface area contributed by atoms with Gasteiger partial charge in [-0.2, -0.15) is 0 Å². The van der Waals surface area contributed by atoms with Crippen LogP contribution in [0, 0.1) is 0 Å². The smallest absolute Gasteiger partial charge is 0.251 e. The molecule has 0 atom stereocenters. The molecule has 2 aromatic rings. The van der Waals surface area contributed by atoms with Gasteiger partial charge in [0, 0.05) is 17.5 Å². The van der Waals surface area contributed by atoms with Crippen molar-refractivity contribution in [3.63, 3.8) is 0 Å². The van der Waals surface area contributed by atoms with Crippen molar-refractivity contribution < 1.29 is 0 Å². The summed E-state index contributed by atoms with van der Waals surface area (Å²) in [4.78, 5) is 18.4. The number of nitrogens with zero attached hydrogens (tertiary/aromatic N) is 1. The minimum absolute atomic E-state index is 0.133. The van der Waals surface area contributed by atoms with Crippen LogP contribution in [-0.4, -0.2) is 16.2 Å². The molecule has 0 amide bonds. The third kappa shape index (κ3) is 3.11. The molecular formula is C12H11ClN2OS. The molecule has 1 heterocycles. The van der Waals surface area contributed by atoms with Crippen LogP contribution >= 0.6 is 23.4 Å². The highest BCUT2D eigenvalue weighted by Crippen LogP contribution is 2.18. The molecule has 0 spiro atoms. The first-order valence-electron chi connectivity index (χ1n) is 5.06. The fourth-order valence-electron chi connectivity index (χ4n) is 1.51. The van der Waals surface area contributed by atoms with Gasteiger partial charge >= 0.3 is 0 Å². The summed E-state index contributed by atoms with van der Waals surface area (Å²) in [5, 5.41) is 1.32. The second-order valence-electron chi connectivity index (χ2n) is 3.51. The molecule has 0 fully saturated rings. The first-order chi connectivity index (χ1) is 8.19. The van der Waals surface area contributed by atoms with Gasteiger partial charge in [0.2, 0.25) is 0 Å². The predicted octanol–water partition coefficient (Wildman–Crippen LogP) is 2.74. The number of nitrogens with one attached hydrogen (secondary N) is 1. The topological polar surface area (TPSA) is 45.8 Å². The van der Waals surface area contributed by atoms with Crippen LogP contribution in [0.2, 0.25) is 5.02 Å². The van der Waals surface area contributed by atoms with Crippen molar-refractivity contribution >= 4 is 23.4 Å². The van der Waals surface area contributed by atoms with E-state index < -0.39 is 0 Å². The Morgan fingerprint density at radius 2 is 2.18 bits per heavy atom. The minimum Gasteiger partial charge on any atom is -0.301 e. The lowest BCUT2D eigenvalue weighted by atomic mass is 10.1. The molecule has 17 heavy (non-hydrogen) atoms. The molecule has 0 saturated carbocycles. The van der Waals surface area contributed by atoms with E-state index >= 15 is 0 Å². The Balaban J connectivity index is 2.33. The Hall–Kier alpha value is -1.26. The highest BCUT2D eigenvalue weighted by atomic mass is 35.5. The number of thioether (sulfide) groups is 1. The first kappa shape index (κ1) is 12.2. The molecular weight excluding hydrogens is 256 g/mol. The maximum atomic E-state index is 11.4. The summed E-state index contributed by atoms with van der Waals surface area (Å²) >= 11 is 7.48. The maximum Gasteiger partial charge on any atom is 0.251 e. The van der Waals surface area contributed by atoms with E-state index in [1.807, 2.05) is 30.5 Å². The second kappa shape index (κ2) is 5.38. The third-order valence-corrected chi connectivity index (χ3v) is 3.24. The maximum absolute atomic E-state index is 11.4. The molecule has 0 bridgehead atoms. The molecule has 1 aromatic carbocycles. The Morgan fingerprint density at radius 1 is 1.41 bits per heavy atom. The summed E-state index contributed by atoms with van der Waals surface area (Å²) in [5.41, 5.74) is 1.57. The third-order valence-electron chi connectivity index (χ3n) is 2.30. The van der Waals surface area contributed by atoms with Crippen molar-refractivity contribution in [3.05, 3.63) is 57.0 Å². The van der Waals surface area contributed by atoms with Gasteiger partial charge in [-0.15, -0.1) is 0 Å². The quantitative estimate of drug-likeness (QED) is 0.686. The van der Waals surface area contributed by atoms with Crippen molar-refractivity contribution in [2.24, 2.45) is 0 Å². The van der Waals surface area contributed by atoms with Gasteiger partial charge in [-0.05, 0) is 17.9 Å². The highest BCUT2D eigenvalue weighted by Gasteiger charge is 2.04. The number of benzene rings is 1. The fraction of sp³-hybridized carbons (Fsp3) is 0.167. The SMILES string of the molecule is CSc1nc(Cc2ccccc2Cl)cc(=O)[nH]1. The van der Waals surface area contributed by atoms with E-state index in [2.05, 4.69) is 9.97 Å². The van der Waals surface area contributed by atoms with E-state index in [0.29, 0.717) is 16.6 Å². The first-order valence-corrected chi connectivity index (χ1v) is 6.67. The number of hydrogen-bond donors (Lipinski definition) is 1. The van der Waals surface area contributed by atoms with Crippen LogP contribution in [0.3, 0.4) is 0 Å². The summed E-state index contributed by atoms with van der Waals surface area (Å²) in [6.07, 6.45) is 2.44. The Kier molecular flexibility index (Phi) is 3.86. The molecule has 3 nitrogen and oxygen atoms in total. The van der Waals surface area contributed by atoms with Gasteiger partial charge in [-0.25, -0.2) is 4.98 Å². The molecule has 5 heteroatoms. The average Bonchev–Trinajstić information content (AvgIpc) is 2.31. The molecule has 88 valence electrons. The predicted molar refractivity (Wildman–Crippen MR) is 70.9 cm³/mol. The molecule has 1 N–H and O–H groups in total. The molecule has 0 saturated heterocycles. The number of aromatic amines is 1. The van der Waals surface area contributed by atoms with Crippen molar-refractivity contribution in [1.29, 1.82) is 0 Å². The Bertz CT molecular complexity index is 583. The summed E-state index contributed by atoms with van der Waals surface area (Å²) < 4.78 is 0. The number of halogens is 1. The summed E-state index contributed by atoms with van der Waals surface area (Å²) in [5.74, 6) is 0. The summed E-state index contributed by atoms with van der Waals surface area (Å²) in [6, 6.07) is 9.07. The zero-order valence-corrected chi connectivity index (χ0v) is 10.8. The van der Waals surface area contributed by atoms with Crippen LogP contribution in [0.15, 0.2) is 40.3 Å². The van der Waals surface area contributed by atoms with Crippen LogP contribution in [0.25, 0.3) is 0 Å². The Labute approximate surface area is 108 Å². The Morgan fingerprint density at radius 3 is 2.88 bits per heavy atom. The normalized spacial score (nSPS) is 10.5. The van der Waals surface area contributed by atoms with Gasteiger partial charge in [-0.1, -0.05) is 41.6 Å². The van der Waals surface area contributed by atoms with Gasteiger partial charge in [0.1, 0.15) is 0 Å². The molecule has 0 aliphatic rings. The standard InChI is InChI=1S/C12H11ClN2OS/c1-17-12-14-9(7-11(16)15-12)6-8-4-2-3-5-10(8)13/h2-5,7H,6H2,1H3,(H,14,15,16). The van der Waals surface area contributed by atoms with Gasteiger partial charge in [0.15, 0.2) is 5.16 Å². The lowest BCUT2D eigenvalue weighted by Gasteiger charge is -2.04. The van der Waals surface area contributed by atoms with Gasteiger partial charge in [0.05, 0.1) is 5.69 Å². The van der Waals surface area contributed by atoms with Crippen molar-refractivity contribution in [3.8, 4) is 0 Å². The monoisotopic (exact) mass is 266 g/mol. The van der Waals surface area contributed by atoms with Gasteiger partial charge in [0.25, 0.3) is 5.56 Å². The largest absolute Gasteiger partial charge is 0.301 e. The van der Waals surface area contributed by atoms with E-state index in [0.717, 1.165) is 11.3 Å². The van der Waals surface area contributed by atoms with Crippen LogP contribution in [0.5, 0.6) is 0 Å². The highest BCUT2D eigenvalue weighted by molar-refractivity contribution is 7.98. The molecule has 1 aromatic heterocycles. The molecule has 2 rings (SSSR count). The molecule has 0 aliphatic carbocycles. The molecule has 0 aliphatic heterocycles. The lowest BCUT2D eigenvalue weighted by Crippen LogP contribution is -2.10. The fourth-order valence-corrected chi connectivity index (χ4v) is 2.12. The molecule has 0 radical (unpaired) electrons. The zero-order valence-electron chi connectivity index (χ0n) is 9.24. The number of rotatable bonds is 3. The zero-order chi connectivity index (χ0) is 12.3. The van der Waals surface area contributed by atoms with Gasteiger partial charge in [-0.3, -0.25) is 4.79 Å². The van der Waals surface area contributed by atoms with Crippen molar-refractivity contribution in [1.82, 2.24) is 9.97 Å². The van der Waals surface area contributed by atoms with Crippen LogP contribution in [0.1, 0.15) is 11.3 Å². The van der Waals surface area contributed by atoms with E-state index in [1.165, 1.54) is 17.8 Å². The van der Waals surface area contributed by atoms with E-state index in [9.17, 15) is 4.79 Å². The lowest BCUT2D eigenvalue weighted by molar-refractivity contribution is 0.882. The number of H-pyrrole nitrogens is 1.